The minimum atomic E-state index is -2.97. The number of rotatable bonds is 9. The maximum absolute atomic E-state index is 11.5. The third-order valence-corrected chi connectivity index (χ3v) is 5.45. The average molecular weight is 384 g/mol. The Balaban J connectivity index is 1.77. The summed E-state index contributed by atoms with van der Waals surface area (Å²) in [5, 5.41) is 6.45. The van der Waals surface area contributed by atoms with E-state index >= 15 is 0 Å². The number of nitrogens with zero attached hydrogens (tertiary/aromatic N) is 1. The minimum absolute atomic E-state index is 0.0773. The molecule has 2 rings (SSSR count). The van der Waals surface area contributed by atoms with Crippen molar-refractivity contribution in [3.8, 4) is 11.5 Å². The lowest BCUT2D eigenvalue weighted by Crippen LogP contribution is -2.44. The standard InChI is InChI=1S/C18H29N3O4S/c1-14(25-16-7-5-6-15(10-16)24-3)11-20-17(19-2)21-12-18(8-9-18)13-26(4,22)23/h5-7,10,14H,8-9,11-13H2,1-4H3,(H2,19,20,21). The van der Waals surface area contributed by atoms with Gasteiger partial charge in [-0.25, -0.2) is 8.42 Å². The van der Waals surface area contributed by atoms with Gasteiger partial charge >= 0.3 is 0 Å². The van der Waals surface area contributed by atoms with Crippen molar-refractivity contribution in [3.63, 3.8) is 0 Å². The van der Waals surface area contributed by atoms with E-state index in [0.717, 1.165) is 24.3 Å². The number of nitrogens with one attached hydrogen (secondary N) is 2. The highest BCUT2D eigenvalue weighted by atomic mass is 32.2. The molecule has 0 radical (unpaired) electrons. The second kappa shape index (κ2) is 8.62. The van der Waals surface area contributed by atoms with Crippen molar-refractivity contribution in [3.05, 3.63) is 24.3 Å². The van der Waals surface area contributed by atoms with Crippen molar-refractivity contribution >= 4 is 15.8 Å². The lowest BCUT2D eigenvalue weighted by Gasteiger charge is -2.20. The van der Waals surface area contributed by atoms with Gasteiger partial charge in [-0.05, 0) is 31.9 Å². The Morgan fingerprint density at radius 2 is 2.00 bits per heavy atom. The first-order valence-electron chi connectivity index (χ1n) is 8.68. The first-order valence-corrected chi connectivity index (χ1v) is 10.7. The van der Waals surface area contributed by atoms with Gasteiger partial charge in [0.25, 0.3) is 0 Å². The van der Waals surface area contributed by atoms with Gasteiger partial charge < -0.3 is 20.1 Å². The van der Waals surface area contributed by atoms with Crippen LogP contribution in [0, 0.1) is 5.41 Å². The molecule has 8 heteroatoms. The van der Waals surface area contributed by atoms with E-state index < -0.39 is 9.84 Å². The molecule has 26 heavy (non-hydrogen) atoms. The fourth-order valence-electron chi connectivity index (χ4n) is 2.79. The number of hydrogen-bond acceptors (Lipinski definition) is 5. The van der Waals surface area contributed by atoms with Crippen LogP contribution in [0.1, 0.15) is 19.8 Å². The Labute approximate surface area is 156 Å². The van der Waals surface area contributed by atoms with Gasteiger partial charge in [0.15, 0.2) is 5.96 Å². The summed E-state index contributed by atoms with van der Waals surface area (Å²) in [4.78, 5) is 4.19. The van der Waals surface area contributed by atoms with Crippen molar-refractivity contribution in [1.82, 2.24) is 10.6 Å². The van der Waals surface area contributed by atoms with E-state index in [9.17, 15) is 8.42 Å². The van der Waals surface area contributed by atoms with Gasteiger partial charge in [-0.15, -0.1) is 0 Å². The number of hydrogen-bond donors (Lipinski definition) is 2. The van der Waals surface area contributed by atoms with Crippen LogP contribution in [0.3, 0.4) is 0 Å². The first-order chi connectivity index (χ1) is 12.3. The summed E-state index contributed by atoms with van der Waals surface area (Å²) < 4.78 is 34.1. The van der Waals surface area contributed by atoms with E-state index in [4.69, 9.17) is 9.47 Å². The zero-order valence-corrected chi connectivity index (χ0v) is 16.7. The van der Waals surface area contributed by atoms with Crippen LogP contribution in [-0.4, -0.2) is 59.7 Å². The summed E-state index contributed by atoms with van der Waals surface area (Å²) in [5.74, 6) is 2.36. The molecule has 1 aromatic rings. The second-order valence-corrected chi connectivity index (χ2v) is 9.12. The van der Waals surface area contributed by atoms with Crippen molar-refractivity contribution in [2.24, 2.45) is 10.4 Å². The molecule has 1 aliphatic carbocycles. The second-order valence-electron chi connectivity index (χ2n) is 6.98. The van der Waals surface area contributed by atoms with Crippen molar-refractivity contribution in [2.45, 2.75) is 25.9 Å². The van der Waals surface area contributed by atoms with Gasteiger partial charge in [0.1, 0.15) is 27.4 Å². The highest BCUT2D eigenvalue weighted by Crippen LogP contribution is 2.45. The fraction of sp³-hybridized carbons (Fsp3) is 0.611. The number of aliphatic imine (C=N–C) groups is 1. The molecule has 146 valence electrons. The zero-order valence-electron chi connectivity index (χ0n) is 15.9. The Morgan fingerprint density at radius 3 is 2.58 bits per heavy atom. The van der Waals surface area contributed by atoms with Gasteiger partial charge in [-0.3, -0.25) is 4.99 Å². The SMILES string of the molecule is CN=C(NCC(C)Oc1cccc(OC)c1)NCC1(CS(C)(=O)=O)CC1. The van der Waals surface area contributed by atoms with Gasteiger partial charge in [-0.1, -0.05) is 6.07 Å². The van der Waals surface area contributed by atoms with E-state index in [1.54, 1.807) is 14.2 Å². The molecule has 1 aromatic carbocycles. The molecule has 1 unspecified atom stereocenters. The molecule has 0 bridgehead atoms. The van der Waals surface area contributed by atoms with Crippen LogP contribution in [0.15, 0.2) is 29.3 Å². The van der Waals surface area contributed by atoms with Crippen LogP contribution in [0.25, 0.3) is 0 Å². The quantitative estimate of drug-likeness (QED) is 0.496. The molecule has 0 heterocycles. The van der Waals surface area contributed by atoms with E-state index in [1.165, 1.54) is 6.26 Å². The predicted molar refractivity (Wildman–Crippen MR) is 104 cm³/mol. The number of ether oxygens (including phenoxy) is 2. The molecule has 7 nitrogen and oxygen atoms in total. The normalized spacial score (nSPS) is 17.3. The fourth-order valence-corrected chi connectivity index (χ4v) is 4.29. The van der Waals surface area contributed by atoms with Gasteiger partial charge in [-0.2, -0.15) is 0 Å². The Hall–Kier alpha value is -1.96. The third-order valence-electron chi connectivity index (χ3n) is 4.32. The van der Waals surface area contributed by atoms with E-state index in [0.29, 0.717) is 19.0 Å². The summed E-state index contributed by atoms with van der Waals surface area (Å²) in [6, 6.07) is 7.47. The maximum atomic E-state index is 11.5. The first kappa shape index (κ1) is 20.4. The summed E-state index contributed by atoms with van der Waals surface area (Å²) in [5.41, 5.74) is -0.145. The van der Waals surface area contributed by atoms with Crippen molar-refractivity contribution in [1.29, 1.82) is 0 Å². The molecule has 0 amide bonds. The van der Waals surface area contributed by atoms with Crippen LogP contribution >= 0.6 is 0 Å². The largest absolute Gasteiger partial charge is 0.497 e. The molecule has 0 spiro atoms. The molecular weight excluding hydrogens is 354 g/mol. The van der Waals surface area contributed by atoms with E-state index in [2.05, 4.69) is 15.6 Å². The molecule has 2 N–H and O–H groups in total. The lowest BCUT2D eigenvalue weighted by atomic mass is 10.1. The molecule has 1 saturated carbocycles. The number of methoxy groups -OCH3 is 1. The van der Waals surface area contributed by atoms with Crippen LogP contribution in [0.4, 0.5) is 0 Å². The lowest BCUT2D eigenvalue weighted by molar-refractivity contribution is 0.223. The molecular formula is C18H29N3O4S. The van der Waals surface area contributed by atoms with Crippen LogP contribution < -0.4 is 20.1 Å². The number of guanidine groups is 1. The Kier molecular flexibility index (Phi) is 6.75. The van der Waals surface area contributed by atoms with E-state index in [-0.39, 0.29) is 17.3 Å². The summed E-state index contributed by atoms with van der Waals surface area (Å²) in [6.07, 6.45) is 3.07. The molecule has 0 aromatic heterocycles. The average Bonchev–Trinajstić information content (AvgIpc) is 3.32. The molecule has 0 aliphatic heterocycles. The Bertz CT molecular complexity index is 730. The number of benzene rings is 1. The third kappa shape index (κ3) is 6.74. The maximum Gasteiger partial charge on any atom is 0.191 e. The topological polar surface area (TPSA) is 89.0 Å². The van der Waals surface area contributed by atoms with Gasteiger partial charge in [0.05, 0.1) is 19.4 Å². The molecule has 1 fully saturated rings. The Morgan fingerprint density at radius 1 is 1.31 bits per heavy atom. The summed E-state index contributed by atoms with van der Waals surface area (Å²) >= 11 is 0. The summed E-state index contributed by atoms with van der Waals surface area (Å²) in [6.45, 7) is 3.13. The van der Waals surface area contributed by atoms with E-state index in [1.807, 2.05) is 31.2 Å². The number of sulfone groups is 1. The molecule has 0 saturated heterocycles. The van der Waals surface area contributed by atoms with Gasteiger partial charge in [0, 0.05) is 31.3 Å². The highest BCUT2D eigenvalue weighted by Gasteiger charge is 2.45. The smallest absolute Gasteiger partial charge is 0.191 e. The monoisotopic (exact) mass is 383 g/mol. The predicted octanol–water partition coefficient (Wildman–Crippen LogP) is 1.45. The zero-order chi connectivity index (χ0) is 19.2. The highest BCUT2D eigenvalue weighted by molar-refractivity contribution is 7.90. The minimum Gasteiger partial charge on any atom is -0.497 e. The van der Waals surface area contributed by atoms with Crippen LogP contribution in [-0.2, 0) is 9.84 Å². The van der Waals surface area contributed by atoms with Crippen LogP contribution in [0.2, 0.25) is 0 Å². The van der Waals surface area contributed by atoms with Crippen molar-refractivity contribution < 1.29 is 17.9 Å². The summed E-state index contributed by atoms with van der Waals surface area (Å²) in [7, 11) is 0.344. The molecule has 1 atom stereocenters. The van der Waals surface area contributed by atoms with Crippen LogP contribution in [0.5, 0.6) is 11.5 Å². The van der Waals surface area contributed by atoms with Gasteiger partial charge in [0.2, 0.25) is 0 Å². The molecule has 1 aliphatic rings. The van der Waals surface area contributed by atoms with Crippen molar-refractivity contribution in [2.75, 3.05) is 39.3 Å².